The maximum Gasteiger partial charge on any atom is 0.129 e. The van der Waals surface area contributed by atoms with E-state index in [2.05, 4.69) is 15.3 Å². The molecule has 2 rings (SSSR count). The summed E-state index contributed by atoms with van der Waals surface area (Å²) in [5.74, 6) is 0.792. The molecule has 1 aromatic carbocycles. The second kappa shape index (κ2) is 4.28. The fraction of sp³-hybridized carbons (Fsp3) is 0.0909. The smallest absolute Gasteiger partial charge is 0.129 e. The Morgan fingerprint density at radius 1 is 1.20 bits per heavy atom. The number of anilines is 1. The Bertz CT molecular complexity index is 471. The van der Waals surface area contributed by atoms with Crippen LogP contribution in [0.5, 0.6) is 0 Å². The van der Waals surface area contributed by atoms with Crippen molar-refractivity contribution >= 4 is 17.4 Å². The van der Waals surface area contributed by atoms with Gasteiger partial charge in [0.1, 0.15) is 12.1 Å². The summed E-state index contributed by atoms with van der Waals surface area (Å²) >= 11 is 5.91. The maximum atomic E-state index is 5.91. The maximum absolute atomic E-state index is 5.91. The first-order valence-electron chi connectivity index (χ1n) is 4.55. The Morgan fingerprint density at radius 2 is 2.07 bits per heavy atom. The van der Waals surface area contributed by atoms with Gasteiger partial charge in [0, 0.05) is 23.7 Å². The predicted octanol–water partition coefficient (Wildman–Crippen LogP) is 2.84. The molecule has 0 radical (unpaired) electrons. The second-order valence-corrected chi connectivity index (χ2v) is 3.49. The van der Waals surface area contributed by atoms with Gasteiger partial charge in [-0.15, -0.1) is 0 Å². The van der Waals surface area contributed by atoms with Crippen molar-refractivity contribution in [3.63, 3.8) is 0 Å². The molecule has 0 spiro atoms. The standard InChI is InChI=1S/C11H10ClN3/c1-13-11-6-10(14-7-15-11)8-3-2-4-9(12)5-8/h2-7H,1H3,(H,13,14,15). The molecule has 0 saturated heterocycles. The van der Waals surface area contributed by atoms with E-state index in [4.69, 9.17) is 11.6 Å². The third-order valence-corrected chi connectivity index (χ3v) is 2.28. The highest BCUT2D eigenvalue weighted by Gasteiger charge is 2.01. The molecule has 1 aromatic heterocycles. The fourth-order valence-corrected chi connectivity index (χ4v) is 1.49. The van der Waals surface area contributed by atoms with Gasteiger partial charge in [0.2, 0.25) is 0 Å². The molecule has 3 nitrogen and oxygen atoms in total. The molecular formula is C11H10ClN3. The molecule has 1 heterocycles. The highest BCUT2D eigenvalue weighted by atomic mass is 35.5. The lowest BCUT2D eigenvalue weighted by atomic mass is 10.1. The van der Waals surface area contributed by atoms with E-state index in [-0.39, 0.29) is 0 Å². The van der Waals surface area contributed by atoms with Crippen molar-refractivity contribution in [1.82, 2.24) is 9.97 Å². The van der Waals surface area contributed by atoms with Gasteiger partial charge in [0.05, 0.1) is 5.69 Å². The van der Waals surface area contributed by atoms with Gasteiger partial charge in [0.25, 0.3) is 0 Å². The van der Waals surface area contributed by atoms with Gasteiger partial charge in [-0.05, 0) is 12.1 Å². The zero-order chi connectivity index (χ0) is 10.7. The van der Waals surface area contributed by atoms with E-state index >= 15 is 0 Å². The predicted molar refractivity (Wildman–Crippen MR) is 62.0 cm³/mol. The van der Waals surface area contributed by atoms with Crippen molar-refractivity contribution < 1.29 is 0 Å². The summed E-state index contributed by atoms with van der Waals surface area (Å²) in [4.78, 5) is 8.24. The van der Waals surface area contributed by atoms with Crippen LogP contribution in [-0.4, -0.2) is 17.0 Å². The molecule has 0 amide bonds. The van der Waals surface area contributed by atoms with Crippen LogP contribution < -0.4 is 5.32 Å². The van der Waals surface area contributed by atoms with E-state index in [1.54, 1.807) is 0 Å². The normalized spacial score (nSPS) is 10.0. The number of hydrogen-bond acceptors (Lipinski definition) is 3. The van der Waals surface area contributed by atoms with Crippen molar-refractivity contribution in [2.24, 2.45) is 0 Å². The van der Waals surface area contributed by atoms with Crippen LogP contribution in [-0.2, 0) is 0 Å². The molecular weight excluding hydrogens is 210 g/mol. The minimum absolute atomic E-state index is 0.706. The minimum Gasteiger partial charge on any atom is -0.373 e. The molecule has 2 aromatic rings. The largest absolute Gasteiger partial charge is 0.373 e. The molecule has 0 aliphatic heterocycles. The summed E-state index contributed by atoms with van der Waals surface area (Å²) in [5.41, 5.74) is 1.85. The van der Waals surface area contributed by atoms with Gasteiger partial charge in [-0.1, -0.05) is 23.7 Å². The van der Waals surface area contributed by atoms with Crippen LogP contribution in [0.2, 0.25) is 5.02 Å². The summed E-state index contributed by atoms with van der Waals surface area (Å²) in [5, 5.41) is 3.67. The number of halogens is 1. The van der Waals surface area contributed by atoms with Crippen molar-refractivity contribution in [2.75, 3.05) is 12.4 Å². The zero-order valence-electron chi connectivity index (χ0n) is 8.24. The zero-order valence-corrected chi connectivity index (χ0v) is 8.99. The second-order valence-electron chi connectivity index (χ2n) is 3.05. The van der Waals surface area contributed by atoms with Gasteiger partial charge >= 0.3 is 0 Å². The number of rotatable bonds is 2. The van der Waals surface area contributed by atoms with E-state index in [1.807, 2.05) is 37.4 Å². The minimum atomic E-state index is 0.706. The summed E-state index contributed by atoms with van der Waals surface area (Å²) < 4.78 is 0. The number of hydrogen-bond donors (Lipinski definition) is 1. The van der Waals surface area contributed by atoms with Crippen LogP contribution in [0.4, 0.5) is 5.82 Å². The topological polar surface area (TPSA) is 37.8 Å². The Labute approximate surface area is 93.1 Å². The SMILES string of the molecule is CNc1cc(-c2cccc(Cl)c2)ncn1. The van der Waals surface area contributed by atoms with Crippen LogP contribution in [0, 0.1) is 0 Å². The van der Waals surface area contributed by atoms with Crippen molar-refractivity contribution in [3.8, 4) is 11.3 Å². The number of aromatic nitrogens is 2. The van der Waals surface area contributed by atoms with Crippen molar-refractivity contribution in [3.05, 3.63) is 41.7 Å². The van der Waals surface area contributed by atoms with Gasteiger partial charge in [0.15, 0.2) is 0 Å². The lowest BCUT2D eigenvalue weighted by molar-refractivity contribution is 1.16. The Balaban J connectivity index is 2.44. The van der Waals surface area contributed by atoms with Crippen LogP contribution in [0.3, 0.4) is 0 Å². The average Bonchev–Trinajstić information content (AvgIpc) is 2.29. The van der Waals surface area contributed by atoms with Gasteiger partial charge in [-0.3, -0.25) is 0 Å². The Kier molecular flexibility index (Phi) is 2.83. The molecule has 0 aliphatic carbocycles. The highest BCUT2D eigenvalue weighted by Crippen LogP contribution is 2.21. The molecule has 0 atom stereocenters. The third kappa shape index (κ3) is 2.25. The van der Waals surface area contributed by atoms with Crippen molar-refractivity contribution in [1.29, 1.82) is 0 Å². The molecule has 0 fully saturated rings. The van der Waals surface area contributed by atoms with E-state index in [9.17, 15) is 0 Å². The highest BCUT2D eigenvalue weighted by molar-refractivity contribution is 6.30. The third-order valence-electron chi connectivity index (χ3n) is 2.04. The van der Waals surface area contributed by atoms with Crippen LogP contribution in [0.1, 0.15) is 0 Å². The van der Waals surface area contributed by atoms with E-state index in [0.717, 1.165) is 17.1 Å². The summed E-state index contributed by atoms with van der Waals surface area (Å²) in [6.45, 7) is 0. The lowest BCUT2D eigenvalue weighted by Gasteiger charge is -2.03. The quantitative estimate of drug-likeness (QED) is 0.844. The van der Waals surface area contributed by atoms with Crippen LogP contribution >= 0.6 is 11.6 Å². The molecule has 0 aliphatic rings. The first-order chi connectivity index (χ1) is 7.29. The number of nitrogens with zero attached hydrogens (tertiary/aromatic N) is 2. The summed E-state index contributed by atoms with van der Waals surface area (Å²) in [7, 11) is 1.82. The van der Waals surface area contributed by atoms with Gasteiger partial charge in [-0.25, -0.2) is 9.97 Å². The van der Waals surface area contributed by atoms with Crippen LogP contribution in [0.15, 0.2) is 36.7 Å². The molecule has 0 bridgehead atoms. The molecule has 0 saturated carbocycles. The Morgan fingerprint density at radius 3 is 2.80 bits per heavy atom. The molecule has 76 valence electrons. The molecule has 1 N–H and O–H groups in total. The molecule has 4 heteroatoms. The van der Waals surface area contributed by atoms with Gasteiger partial charge < -0.3 is 5.32 Å². The molecule has 0 unspecified atom stereocenters. The number of nitrogens with one attached hydrogen (secondary N) is 1. The number of benzene rings is 1. The average molecular weight is 220 g/mol. The van der Waals surface area contributed by atoms with E-state index < -0.39 is 0 Å². The lowest BCUT2D eigenvalue weighted by Crippen LogP contribution is -1.93. The first-order valence-corrected chi connectivity index (χ1v) is 4.93. The first kappa shape index (κ1) is 9.93. The monoisotopic (exact) mass is 219 g/mol. The molecule has 15 heavy (non-hydrogen) atoms. The summed E-state index contributed by atoms with van der Waals surface area (Å²) in [6.07, 6.45) is 1.53. The van der Waals surface area contributed by atoms with Gasteiger partial charge in [-0.2, -0.15) is 0 Å². The van der Waals surface area contributed by atoms with Crippen molar-refractivity contribution in [2.45, 2.75) is 0 Å². The van der Waals surface area contributed by atoms with Crippen LogP contribution in [0.25, 0.3) is 11.3 Å². The summed E-state index contributed by atoms with van der Waals surface area (Å²) in [6, 6.07) is 9.46. The van der Waals surface area contributed by atoms with E-state index in [0.29, 0.717) is 5.02 Å². The fourth-order valence-electron chi connectivity index (χ4n) is 1.30. The van der Waals surface area contributed by atoms with E-state index in [1.165, 1.54) is 6.33 Å². The Hall–Kier alpha value is -1.61.